The molecule has 0 aliphatic heterocycles. The molecule has 0 saturated heterocycles. The van der Waals surface area contributed by atoms with Crippen LogP contribution in [0.4, 0.5) is 0 Å². The van der Waals surface area contributed by atoms with E-state index < -0.39 is 0 Å². The lowest BCUT2D eigenvalue weighted by Gasteiger charge is -2.45. The Labute approximate surface area is 130 Å². The van der Waals surface area contributed by atoms with Crippen LogP contribution in [0.3, 0.4) is 0 Å². The summed E-state index contributed by atoms with van der Waals surface area (Å²) in [6.45, 7) is 9.44. The minimum absolute atomic E-state index is 0.103. The molecule has 112 valence electrons. The summed E-state index contributed by atoms with van der Waals surface area (Å²) in [5, 5.41) is 0. The molecule has 2 aromatic carbocycles. The van der Waals surface area contributed by atoms with Crippen molar-refractivity contribution in [1.29, 1.82) is 0 Å². The lowest BCUT2D eigenvalue weighted by molar-refractivity contribution is 0.229. The van der Waals surface area contributed by atoms with Crippen LogP contribution in [0.5, 0.6) is 0 Å². The van der Waals surface area contributed by atoms with Gasteiger partial charge in [0.15, 0.2) is 0 Å². The van der Waals surface area contributed by atoms with E-state index in [0.29, 0.717) is 11.8 Å². The lowest BCUT2D eigenvalue weighted by Crippen LogP contribution is -2.41. The van der Waals surface area contributed by atoms with Crippen LogP contribution in [0.2, 0.25) is 0 Å². The SMILES string of the molecule is CCC(C)C(c1ccccc1)(c1ccccc1)C(C)CC. The van der Waals surface area contributed by atoms with Crippen molar-refractivity contribution in [3.8, 4) is 0 Å². The third-order valence-corrected chi connectivity index (χ3v) is 5.28. The second-order valence-electron chi connectivity index (χ2n) is 6.22. The van der Waals surface area contributed by atoms with Gasteiger partial charge in [-0.2, -0.15) is 0 Å². The minimum Gasteiger partial charge on any atom is -0.0651 e. The molecule has 2 aromatic rings. The Balaban J connectivity index is 2.72. The lowest BCUT2D eigenvalue weighted by atomic mass is 9.58. The Morgan fingerprint density at radius 3 is 1.29 bits per heavy atom. The van der Waals surface area contributed by atoms with Crippen LogP contribution in [0, 0.1) is 11.8 Å². The van der Waals surface area contributed by atoms with Gasteiger partial charge >= 0.3 is 0 Å². The summed E-state index contributed by atoms with van der Waals surface area (Å²) in [5.74, 6) is 1.22. The zero-order chi connectivity index (χ0) is 15.3. The number of hydrogen-bond donors (Lipinski definition) is 0. The standard InChI is InChI=1S/C21H28/c1-5-17(3)21(18(4)6-2,19-13-9-7-10-14-19)20-15-11-8-12-16-20/h7-18H,5-6H2,1-4H3. The van der Waals surface area contributed by atoms with Gasteiger partial charge in [-0.1, -0.05) is 101 Å². The van der Waals surface area contributed by atoms with Crippen LogP contribution in [0.25, 0.3) is 0 Å². The van der Waals surface area contributed by atoms with E-state index in [0.717, 1.165) is 0 Å². The first-order valence-corrected chi connectivity index (χ1v) is 8.28. The Kier molecular flexibility index (Phi) is 5.22. The Morgan fingerprint density at radius 1 is 0.667 bits per heavy atom. The predicted molar refractivity (Wildman–Crippen MR) is 92.6 cm³/mol. The molecule has 0 saturated carbocycles. The average Bonchev–Trinajstić information content (AvgIpc) is 2.57. The summed E-state index contributed by atoms with van der Waals surface area (Å²) in [4.78, 5) is 0. The molecular weight excluding hydrogens is 252 g/mol. The first-order valence-electron chi connectivity index (χ1n) is 8.28. The van der Waals surface area contributed by atoms with E-state index >= 15 is 0 Å². The van der Waals surface area contributed by atoms with E-state index in [2.05, 4.69) is 88.4 Å². The topological polar surface area (TPSA) is 0 Å². The van der Waals surface area contributed by atoms with Gasteiger partial charge in [-0.15, -0.1) is 0 Å². The van der Waals surface area contributed by atoms with Crippen molar-refractivity contribution < 1.29 is 0 Å². The van der Waals surface area contributed by atoms with Gasteiger partial charge in [0.25, 0.3) is 0 Å². The molecule has 0 N–H and O–H groups in total. The van der Waals surface area contributed by atoms with Crippen LogP contribution in [-0.4, -0.2) is 0 Å². The van der Waals surface area contributed by atoms with E-state index in [-0.39, 0.29) is 5.41 Å². The number of rotatable bonds is 6. The molecule has 0 aliphatic carbocycles. The van der Waals surface area contributed by atoms with Crippen molar-refractivity contribution in [3.05, 3.63) is 71.8 Å². The highest BCUT2D eigenvalue weighted by molar-refractivity contribution is 5.41. The van der Waals surface area contributed by atoms with Gasteiger partial charge in [0, 0.05) is 5.41 Å². The fourth-order valence-corrected chi connectivity index (χ4v) is 3.86. The van der Waals surface area contributed by atoms with Gasteiger partial charge in [0.1, 0.15) is 0 Å². The smallest absolute Gasteiger partial charge is 0.0253 e. The van der Waals surface area contributed by atoms with Crippen molar-refractivity contribution in [2.75, 3.05) is 0 Å². The third-order valence-electron chi connectivity index (χ3n) is 5.28. The Hall–Kier alpha value is -1.56. The molecule has 0 aromatic heterocycles. The van der Waals surface area contributed by atoms with Gasteiger partial charge in [-0.3, -0.25) is 0 Å². The fourth-order valence-electron chi connectivity index (χ4n) is 3.86. The number of benzene rings is 2. The molecule has 0 heteroatoms. The van der Waals surface area contributed by atoms with Crippen LogP contribution in [-0.2, 0) is 5.41 Å². The second kappa shape index (κ2) is 6.93. The minimum atomic E-state index is 0.103. The number of hydrogen-bond acceptors (Lipinski definition) is 0. The van der Waals surface area contributed by atoms with Crippen LogP contribution in [0.1, 0.15) is 51.7 Å². The van der Waals surface area contributed by atoms with Gasteiger partial charge in [0.05, 0.1) is 0 Å². The fraction of sp³-hybridized carbons (Fsp3) is 0.429. The molecule has 0 bridgehead atoms. The van der Waals surface area contributed by atoms with Crippen molar-refractivity contribution in [1.82, 2.24) is 0 Å². The zero-order valence-electron chi connectivity index (χ0n) is 13.8. The molecule has 21 heavy (non-hydrogen) atoms. The van der Waals surface area contributed by atoms with Gasteiger partial charge in [-0.25, -0.2) is 0 Å². The van der Waals surface area contributed by atoms with Crippen molar-refractivity contribution >= 4 is 0 Å². The summed E-state index contributed by atoms with van der Waals surface area (Å²) in [5.41, 5.74) is 3.02. The molecule has 0 spiro atoms. The monoisotopic (exact) mass is 280 g/mol. The summed E-state index contributed by atoms with van der Waals surface area (Å²) >= 11 is 0. The summed E-state index contributed by atoms with van der Waals surface area (Å²) in [6, 6.07) is 22.2. The van der Waals surface area contributed by atoms with E-state index in [4.69, 9.17) is 0 Å². The first-order chi connectivity index (χ1) is 10.2. The molecule has 0 radical (unpaired) electrons. The summed E-state index contributed by atoms with van der Waals surface area (Å²) in [7, 11) is 0. The quantitative estimate of drug-likeness (QED) is 0.603. The molecule has 0 fully saturated rings. The van der Waals surface area contributed by atoms with Crippen LogP contribution >= 0.6 is 0 Å². The molecule has 0 aliphatic rings. The summed E-state index contributed by atoms with van der Waals surface area (Å²) in [6.07, 6.45) is 2.38. The Morgan fingerprint density at radius 2 is 1.00 bits per heavy atom. The highest BCUT2D eigenvalue weighted by Crippen LogP contribution is 2.47. The van der Waals surface area contributed by atoms with Crippen LogP contribution in [0.15, 0.2) is 60.7 Å². The zero-order valence-corrected chi connectivity index (χ0v) is 13.8. The van der Waals surface area contributed by atoms with Crippen molar-refractivity contribution in [2.45, 2.75) is 46.0 Å². The van der Waals surface area contributed by atoms with Crippen molar-refractivity contribution in [3.63, 3.8) is 0 Å². The second-order valence-corrected chi connectivity index (χ2v) is 6.22. The normalized spacial score (nSPS) is 14.7. The molecule has 0 heterocycles. The molecule has 2 atom stereocenters. The van der Waals surface area contributed by atoms with Gasteiger partial charge in [0.2, 0.25) is 0 Å². The molecule has 0 nitrogen and oxygen atoms in total. The van der Waals surface area contributed by atoms with Gasteiger partial charge < -0.3 is 0 Å². The molecule has 2 rings (SSSR count). The maximum atomic E-state index is 2.41. The van der Waals surface area contributed by atoms with E-state index in [1.54, 1.807) is 0 Å². The summed E-state index contributed by atoms with van der Waals surface area (Å²) < 4.78 is 0. The maximum absolute atomic E-state index is 2.41. The molecule has 2 unspecified atom stereocenters. The van der Waals surface area contributed by atoms with Crippen molar-refractivity contribution in [2.24, 2.45) is 11.8 Å². The maximum Gasteiger partial charge on any atom is 0.0253 e. The first kappa shape index (κ1) is 15.8. The highest BCUT2D eigenvalue weighted by atomic mass is 14.5. The van der Waals surface area contributed by atoms with E-state index in [1.165, 1.54) is 24.0 Å². The van der Waals surface area contributed by atoms with Gasteiger partial charge in [-0.05, 0) is 23.0 Å². The molecular formula is C21H28. The molecule has 0 amide bonds. The largest absolute Gasteiger partial charge is 0.0651 e. The Bertz CT molecular complexity index is 475. The highest BCUT2D eigenvalue weighted by Gasteiger charge is 2.42. The van der Waals surface area contributed by atoms with E-state index in [9.17, 15) is 0 Å². The third kappa shape index (κ3) is 2.77. The predicted octanol–water partition coefficient (Wildman–Crippen LogP) is 6.06. The van der Waals surface area contributed by atoms with Crippen LogP contribution < -0.4 is 0 Å². The van der Waals surface area contributed by atoms with E-state index in [1.807, 2.05) is 0 Å². The average molecular weight is 280 g/mol.